The Kier molecular flexibility index (Phi) is 5.78. The topological polar surface area (TPSA) is 38.3 Å². The number of halogens is 1. The minimum atomic E-state index is -0.571. The fraction of sp³-hybridized carbons (Fsp3) is 0.235. The van der Waals surface area contributed by atoms with Crippen LogP contribution in [0.4, 0.5) is 0 Å². The first-order valence-electron chi connectivity index (χ1n) is 6.90. The number of hydrogen-bond donors (Lipinski definition) is 1. The largest absolute Gasteiger partial charge is 0.465 e. The van der Waals surface area contributed by atoms with Crippen LogP contribution in [0.1, 0.15) is 24.1 Å². The summed E-state index contributed by atoms with van der Waals surface area (Å²) in [7, 11) is 0. The molecule has 0 heterocycles. The van der Waals surface area contributed by atoms with Crippen molar-refractivity contribution in [2.45, 2.75) is 19.5 Å². The number of hydrogen-bond acceptors (Lipinski definition) is 3. The molecule has 3 nitrogen and oxygen atoms in total. The van der Waals surface area contributed by atoms with Gasteiger partial charge in [0.1, 0.15) is 6.04 Å². The number of ether oxygens (including phenoxy) is 1. The van der Waals surface area contributed by atoms with E-state index < -0.39 is 6.04 Å². The van der Waals surface area contributed by atoms with Gasteiger partial charge >= 0.3 is 5.97 Å². The van der Waals surface area contributed by atoms with Crippen LogP contribution in [0, 0.1) is 0 Å². The van der Waals surface area contributed by atoms with Gasteiger partial charge in [-0.1, -0.05) is 60.1 Å². The van der Waals surface area contributed by atoms with Crippen LogP contribution >= 0.6 is 11.6 Å². The Labute approximate surface area is 129 Å². The van der Waals surface area contributed by atoms with E-state index in [1.54, 1.807) is 13.0 Å². The quantitative estimate of drug-likeness (QED) is 0.826. The first kappa shape index (κ1) is 15.5. The van der Waals surface area contributed by atoms with Crippen LogP contribution in [-0.4, -0.2) is 12.6 Å². The van der Waals surface area contributed by atoms with Crippen LogP contribution in [0.5, 0.6) is 0 Å². The molecule has 2 aromatic carbocycles. The Morgan fingerprint density at radius 3 is 2.48 bits per heavy atom. The minimum Gasteiger partial charge on any atom is -0.465 e. The van der Waals surface area contributed by atoms with Crippen molar-refractivity contribution in [1.82, 2.24) is 5.32 Å². The van der Waals surface area contributed by atoms with E-state index in [0.29, 0.717) is 18.2 Å². The number of esters is 1. The predicted molar refractivity (Wildman–Crippen MR) is 84.1 cm³/mol. The van der Waals surface area contributed by atoms with Gasteiger partial charge < -0.3 is 4.74 Å². The Balaban J connectivity index is 2.17. The van der Waals surface area contributed by atoms with E-state index in [2.05, 4.69) is 5.32 Å². The number of rotatable bonds is 6. The number of benzene rings is 2. The van der Waals surface area contributed by atoms with Crippen molar-refractivity contribution < 1.29 is 9.53 Å². The molecule has 0 radical (unpaired) electrons. The highest BCUT2D eigenvalue weighted by atomic mass is 35.5. The van der Waals surface area contributed by atoms with E-state index in [4.69, 9.17) is 16.3 Å². The maximum Gasteiger partial charge on any atom is 0.327 e. The summed E-state index contributed by atoms with van der Waals surface area (Å²) in [5.74, 6) is -0.318. The van der Waals surface area contributed by atoms with E-state index in [0.717, 1.165) is 11.1 Å². The number of nitrogens with one attached hydrogen (secondary N) is 1. The van der Waals surface area contributed by atoms with Gasteiger partial charge in [0.25, 0.3) is 0 Å². The summed E-state index contributed by atoms with van der Waals surface area (Å²) in [6, 6.07) is 16.6. The lowest BCUT2D eigenvalue weighted by Gasteiger charge is -2.18. The maximum absolute atomic E-state index is 12.2. The van der Waals surface area contributed by atoms with Crippen LogP contribution < -0.4 is 5.32 Å². The summed E-state index contributed by atoms with van der Waals surface area (Å²) in [4.78, 5) is 12.2. The minimum absolute atomic E-state index is 0.318. The van der Waals surface area contributed by atoms with Crippen molar-refractivity contribution in [3.05, 3.63) is 70.7 Å². The molecule has 0 bridgehead atoms. The monoisotopic (exact) mass is 303 g/mol. The zero-order valence-electron chi connectivity index (χ0n) is 11.9. The van der Waals surface area contributed by atoms with Crippen molar-refractivity contribution >= 4 is 17.6 Å². The van der Waals surface area contributed by atoms with Crippen molar-refractivity contribution in [3.8, 4) is 0 Å². The smallest absolute Gasteiger partial charge is 0.327 e. The molecule has 2 rings (SSSR count). The van der Waals surface area contributed by atoms with Gasteiger partial charge in [0, 0.05) is 11.6 Å². The third-order valence-electron chi connectivity index (χ3n) is 3.09. The first-order valence-corrected chi connectivity index (χ1v) is 7.28. The van der Waals surface area contributed by atoms with Crippen molar-refractivity contribution in [2.24, 2.45) is 0 Å². The van der Waals surface area contributed by atoms with E-state index in [1.165, 1.54) is 0 Å². The first-order chi connectivity index (χ1) is 10.2. The molecule has 1 N–H and O–H groups in total. The number of carbonyl (C=O) groups excluding carboxylic acids is 1. The third-order valence-corrected chi connectivity index (χ3v) is 3.44. The van der Waals surface area contributed by atoms with E-state index in [-0.39, 0.29) is 5.97 Å². The Bertz CT molecular complexity index is 586. The Morgan fingerprint density at radius 1 is 1.14 bits per heavy atom. The fourth-order valence-corrected chi connectivity index (χ4v) is 2.32. The average molecular weight is 304 g/mol. The third kappa shape index (κ3) is 4.31. The maximum atomic E-state index is 12.2. The predicted octanol–water partition coefficient (Wildman–Crippen LogP) is 3.73. The molecular weight excluding hydrogens is 286 g/mol. The lowest BCUT2D eigenvalue weighted by molar-refractivity contribution is -0.145. The zero-order valence-corrected chi connectivity index (χ0v) is 12.6. The summed E-state index contributed by atoms with van der Waals surface area (Å²) in [6.45, 7) is 2.70. The standard InChI is InChI=1S/C17H18ClNO2/c1-2-21-17(20)16(14-10-6-7-11-15(14)18)19-12-13-8-4-3-5-9-13/h3-11,16,19H,2,12H2,1H3. The molecule has 0 saturated carbocycles. The van der Waals surface area contributed by atoms with Crippen LogP contribution in [0.2, 0.25) is 5.02 Å². The molecule has 21 heavy (non-hydrogen) atoms. The molecule has 0 aliphatic rings. The van der Waals surface area contributed by atoms with Crippen molar-refractivity contribution in [3.63, 3.8) is 0 Å². The lowest BCUT2D eigenvalue weighted by Crippen LogP contribution is -2.30. The van der Waals surface area contributed by atoms with Gasteiger partial charge in [-0.3, -0.25) is 5.32 Å². The molecule has 110 valence electrons. The second-order valence-electron chi connectivity index (χ2n) is 4.57. The number of carbonyl (C=O) groups is 1. The molecule has 0 amide bonds. The fourth-order valence-electron chi connectivity index (χ4n) is 2.07. The van der Waals surface area contributed by atoms with Gasteiger partial charge in [-0.2, -0.15) is 0 Å². The molecule has 0 spiro atoms. The zero-order chi connectivity index (χ0) is 15.1. The van der Waals surface area contributed by atoms with E-state index >= 15 is 0 Å². The molecule has 1 unspecified atom stereocenters. The molecule has 1 atom stereocenters. The Hall–Kier alpha value is -1.84. The van der Waals surface area contributed by atoms with E-state index in [1.807, 2.05) is 48.5 Å². The summed E-state index contributed by atoms with van der Waals surface area (Å²) in [5.41, 5.74) is 1.83. The highest BCUT2D eigenvalue weighted by Gasteiger charge is 2.23. The van der Waals surface area contributed by atoms with Crippen molar-refractivity contribution in [2.75, 3.05) is 6.61 Å². The molecule has 0 aliphatic heterocycles. The molecule has 2 aromatic rings. The average Bonchev–Trinajstić information content (AvgIpc) is 2.50. The molecule has 0 aromatic heterocycles. The van der Waals surface area contributed by atoms with E-state index in [9.17, 15) is 4.79 Å². The summed E-state index contributed by atoms with van der Waals surface area (Å²) >= 11 is 6.20. The summed E-state index contributed by atoms with van der Waals surface area (Å²) < 4.78 is 5.14. The van der Waals surface area contributed by atoms with Gasteiger partial charge in [-0.15, -0.1) is 0 Å². The summed E-state index contributed by atoms with van der Waals surface area (Å²) in [6.07, 6.45) is 0. The molecular formula is C17H18ClNO2. The van der Waals surface area contributed by atoms with Crippen LogP contribution in [-0.2, 0) is 16.1 Å². The summed E-state index contributed by atoms with van der Waals surface area (Å²) in [5, 5.41) is 3.77. The van der Waals surface area contributed by atoms with Crippen LogP contribution in [0.3, 0.4) is 0 Å². The lowest BCUT2D eigenvalue weighted by atomic mass is 10.1. The van der Waals surface area contributed by atoms with Crippen molar-refractivity contribution in [1.29, 1.82) is 0 Å². The van der Waals surface area contributed by atoms with Gasteiger partial charge in [-0.25, -0.2) is 4.79 Å². The highest BCUT2D eigenvalue weighted by molar-refractivity contribution is 6.31. The molecule has 0 aliphatic carbocycles. The second-order valence-corrected chi connectivity index (χ2v) is 4.98. The van der Waals surface area contributed by atoms with Gasteiger partial charge in [-0.05, 0) is 24.1 Å². The highest BCUT2D eigenvalue weighted by Crippen LogP contribution is 2.24. The van der Waals surface area contributed by atoms with Gasteiger partial charge in [0.05, 0.1) is 6.61 Å². The second kappa shape index (κ2) is 7.81. The normalized spacial score (nSPS) is 11.9. The van der Waals surface area contributed by atoms with Crippen LogP contribution in [0.25, 0.3) is 0 Å². The van der Waals surface area contributed by atoms with Gasteiger partial charge in [0.2, 0.25) is 0 Å². The van der Waals surface area contributed by atoms with Gasteiger partial charge in [0.15, 0.2) is 0 Å². The molecule has 4 heteroatoms. The Morgan fingerprint density at radius 2 is 1.81 bits per heavy atom. The molecule has 0 saturated heterocycles. The SMILES string of the molecule is CCOC(=O)C(NCc1ccccc1)c1ccccc1Cl. The van der Waals surface area contributed by atoms with Crippen LogP contribution in [0.15, 0.2) is 54.6 Å². The molecule has 0 fully saturated rings.